The van der Waals surface area contributed by atoms with Gasteiger partial charge in [0.2, 0.25) is 5.91 Å². The van der Waals surface area contributed by atoms with E-state index in [1.54, 1.807) is 12.5 Å². The number of benzene rings is 1. The summed E-state index contributed by atoms with van der Waals surface area (Å²) in [4.78, 5) is 29.4. The van der Waals surface area contributed by atoms with Crippen molar-refractivity contribution >= 4 is 33.4 Å². The summed E-state index contributed by atoms with van der Waals surface area (Å²) in [6.45, 7) is 3.93. The van der Waals surface area contributed by atoms with Gasteiger partial charge in [-0.25, -0.2) is 4.98 Å². The highest BCUT2D eigenvalue weighted by molar-refractivity contribution is 5.99. The molecule has 1 aromatic carbocycles. The molecule has 0 saturated carbocycles. The molecule has 10 heteroatoms. The lowest BCUT2D eigenvalue weighted by atomic mass is 9.94. The molecule has 0 bridgehead atoms. The summed E-state index contributed by atoms with van der Waals surface area (Å²) >= 11 is 0. The van der Waals surface area contributed by atoms with E-state index in [2.05, 4.69) is 52.9 Å². The minimum atomic E-state index is 0.0388. The van der Waals surface area contributed by atoms with Crippen molar-refractivity contribution in [2.45, 2.75) is 26.2 Å². The first-order valence-electron chi connectivity index (χ1n) is 13.5. The molecule has 4 N–H and O–H groups in total. The molecule has 0 unspecified atom stereocenters. The van der Waals surface area contributed by atoms with Gasteiger partial charge in [-0.05, 0) is 68.6 Å². The van der Waals surface area contributed by atoms with E-state index in [1.165, 1.54) is 0 Å². The van der Waals surface area contributed by atoms with Crippen LogP contribution in [0.1, 0.15) is 25.0 Å². The number of pyridine rings is 2. The van der Waals surface area contributed by atoms with Crippen LogP contribution in [0.25, 0.3) is 50.0 Å². The first kappa shape index (κ1) is 24.2. The number of aryl methyl sites for hydroxylation is 1. The predicted octanol–water partition coefficient (Wildman–Crippen LogP) is 4.99. The summed E-state index contributed by atoms with van der Waals surface area (Å²) in [5.74, 6) is 0.469. The van der Waals surface area contributed by atoms with E-state index in [9.17, 15) is 4.79 Å². The Hall–Kier alpha value is -4.83. The number of H-pyrrole nitrogens is 2. The molecule has 1 aliphatic rings. The Morgan fingerprint density at radius 3 is 2.73 bits per heavy atom. The SMILES string of the molecule is Cc1cn(-c2cncc3[nH]c(-c4n[nH]c5ccc(-c6cncc(NC(=O)CC7CCNCC7)c6)cc45)cc23)cn1. The number of nitrogens with one attached hydrogen (secondary N) is 4. The summed E-state index contributed by atoms with van der Waals surface area (Å²) in [5, 5.41) is 16.2. The lowest BCUT2D eigenvalue weighted by Crippen LogP contribution is -2.30. The van der Waals surface area contributed by atoms with Gasteiger partial charge in [0.1, 0.15) is 5.69 Å². The molecular weight excluding hydrogens is 502 g/mol. The van der Waals surface area contributed by atoms with Gasteiger partial charge < -0.3 is 20.2 Å². The number of aromatic amines is 2. The van der Waals surface area contributed by atoms with Crippen molar-refractivity contribution in [3.8, 4) is 28.2 Å². The van der Waals surface area contributed by atoms with Crippen molar-refractivity contribution in [3.63, 3.8) is 0 Å². The van der Waals surface area contributed by atoms with Crippen molar-refractivity contribution in [1.29, 1.82) is 0 Å². The predicted molar refractivity (Wildman–Crippen MR) is 155 cm³/mol. The van der Waals surface area contributed by atoms with Crippen LogP contribution < -0.4 is 10.6 Å². The lowest BCUT2D eigenvalue weighted by molar-refractivity contribution is -0.117. The fourth-order valence-electron chi connectivity index (χ4n) is 5.55. The second-order valence-corrected chi connectivity index (χ2v) is 10.5. The molecule has 40 heavy (non-hydrogen) atoms. The van der Waals surface area contributed by atoms with E-state index in [4.69, 9.17) is 0 Å². The van der Waals surface area contributed by atoms with E-state index in [0.717, 1.165) is 81.6 Å². The van der Waals surface area contributed by atoms with Crippen molar-refractivity contribution in [2.24, 2.45) is 5.92 Å². The van der Waals surface area contributed by atoms with E-state index in [-0.39, 0.29) is 5.91 Å². The van der Waals surface area contributed by atoms with E-state index in [0.29, 0.717) is 18.0 Å². The lowest BCUT2D eigenvalue weighted by Gasteiger charge is -2.21. The third-order valence-electron chi connectivity index (χ3n) is 7.62. The smallest absolute Gasteiger partial charge is 0.224 e. The van der Waals surface area contributed by atoms with Crippen LogP contribution in [-0.2, 0) is 4.79 Å². The molecule has 1 amide bonds. The monoisotopic (exact) mass is 531 g/mol. The highest BCUT2D eigenvalue weighted by atomic mass is 16.1. The summed E-state index contributed by atoms with van der Waals surface area (Å²) in [7, 11) is 0. The standard InChI is InChI=1S/C30H29N9O/c1-18-16-39(17-34-18)28-15-33-14-27-23(28)11-26(36-27)30-24-10-20(2-3-25(24)37-38-30)21-9-22(13-32-12-21)35-29(40)8-19-4-6-31-7-5-19/h2-3,9-17,19,31,36H,4-8H2,1H3,(H,35,40)(H,37,38). The molecule has 10 nitrogen and oxygen atoms in total. The van der Waals surface area contributed by atoms with Gasteiger partial charge in [0.05, 0.1) is 58.7 Å². The average Bonchev–Trinajstić information content (AvgIpc) is 3.71. The van der Waals surface area contributed by atoms with Gasteiger partial charge in [-0.15, -0.1) is 0 Å². The molecule has 1 aliphatic heterocycles. The van der Waals surface area contributed by atoms with Crippen molar-refractivity contribution in [2.75, 3.05) is 18.4 Å². The van der Waals surface area contributed by atoms with Gasteiger partial charge in [0, 0.05) is 35.2 Å². The van der Waals surface area contributed by atoms with Gasteiger partial charge >= 0.3 is 0 Å². The molecule has 0 aliphatic carbocycles. The summed E-state index contributed by atoms with van der Waals surface area (Å²) in [6, 6.07) is 10.2. The number of carbonyl (C=O) groups is 1. The fourth-order valence-corrected chi connectivity index (χ4v) is 5.55. The molecule has 6 aromatic rings. The number of hydrogen-bond donors (Lipinski definition) is 4. The Morgan fingerprint density at radius 2 is 1.88 bits per heavy atom. The van der Waals surface area contributed by atoms with Crippen LogP contribution in [0.4, 0.5) is 5.69 Å². The van der Waals surface area contributed by atoms with Crippen LogP contribution in [0.5, 0.6) is 0 Å². The van der Waals surface area contributed by atoms with E-state index < -0.39 is 0 Å². The van der Waals surface area contributed by atoms with Gasteiger partial charge in [-0.1, -0.05) is 6.07 Å². The maximum atomic E-state index is 12.7. The quantitative estimate of drug-likeness (QED) is 0.240. The molecular formula is C30H29N9O. The fraction of sp³-hybridized carbons (Fsp3) is 0.233. The Bertz CT molecular complexity index is 1840. The molecule has 0 spiro atoms. The maximum absolute atomic E-state index is 12.7. The van der Waals surface area contributed by atoms with Crippen LogP contribution in [0.3, 0.4) is 0 Å². The molecule has 200 valence electrons. The van der Waals surface area contributed by atoms with Gasteiger partial charge in [-0.3, -0.25) is 19.9 Å². The van der Waals surface area contributed by atoms with Crippen molar-refractivity contribution < 1.29 is 4.79 Å². The van der Waals surface area contributed by atoms with E-state index in [1.807, 2.05) is 54.5 Å². The average molecular weight is 532 g/mol. The normalized spacial score (nSPS) is 14.2. The minimum absolute atomic E-state index is 0.0388. The highest BCUT2D eigenvalue weighted by Gasteiger charge is 2.18. The number of aromatic nitrogens is 7. The van der Waals surface area contributed by atoms with Gasteiger partial charge in [0.25, 0.3) is 0 Å². The van der Waals surface area contributed by atoms with Crippen LogP contribution in [0, 0.1) is 12.8 Å². The number of amides is 1. The molecule has 6 heterocycles. The van der Waals surface area contributed by atoms with Gasteiger partial charge in [-0.2, -0.15) is 5.10 Å². The number of carbonyl (C=O) groups excluding carboxylic acids is 1. The summed E-state index contributed by atoms with van der Waals surface area (Å²) < 4.78 is 1.98. The number of hydrogen-bond acceptors (Lipinski definition) is 6. The number of imidazole rings is 1. The Balaban J connectivity index is 1.19. The molecule has 1 saturated heterocycles. The van der Waals surface area contributed by atoms with Crippen LogP contribution in [0.2, 0.25) is 0 Å². The van der Waals surface area contributed by atoms with Crippen molar-refractivity contribution in [3.05, 3.63) is 73.3 Å². The Labute approximate surface area is 230 Å². The molecule has 0 radical (unpaired) electrons. The zero-order valence-corrected chi connectivity index (χ0v) is 22.1. The number of fused-ring (bicyclic) bond motifs is 2. The first-order valence-corrected chi connectivity index (χ1v) is 13.5. The zero-order valence-electron chi connectivity index (χ0n) is 22.1. The van der Waals surface area contributed by atoms with Crippen LogP contribution >= 0.6 is 0 Å². The molecule has 7 rings (SSSR count). The Morgan fingerprint density at radius 1 is 1.00 bits per heavy atom. The Kier molecular flexibility index (Phi) is 6.09. The zero-order chi connectivity index (χ0) is 27.1. The van der Waals surface area contributed by atoms with Gasteiger partial charge in [0.15, 0.2) is 0 Å². The van der Waals surface area contributed by atoms with Crippen LogP contribution in [0.15, 0.2) is 67.6 Å². The highest BCUT2D eigenvalue weighted by Crippen LogP contribution is 2.33. The topological polar surface area (TPSA) is 129 Å². The number of rotatable bonds is 6. The molecule has 5 aromatic heterocycles. The number of anilines is 1. The second-order valence-electron chi connectivity index (χ2n) is 10.5. The number of piperidine rings is 1. The summed E-state index contributed by atoms with van der Waals surface area (Å²) in [5.41, 5.74) is 8.07. The van der Waals surface area contributed by atoms with Crippen LogP contribution in [-0.4, -0.2) is 53.7 Å². The molecule has 0 atom stereocenters. The van der Waals surface area contributed by atoms with Crippen molar-refractivity contribution in [1.82, 2.24) is 40.0 Å². The summed E-state index contributed by atoms with van der Waals surface area (Å²) in [6.07, 6.45) is 13.6. The molecule has 1 fully saturated rings. The first-order chi connectivity index (χ1) is 19.6. The van der Waals surface area contributed by atoms with E-state index >= 15 is 0 Å². The maximum Gasteiger partial charge on any atom is 0.224 e. The number of nitrogens with zero attached hydrogens (tertiary/aromatic N) is 5. The minimum Gasteiger partial charge on any atom is -0.352 e. The second kappa shape index (κ2) is 10.0. The third kappa shape index (κ3) is 4.62. The third-order valence-corrected chi connectivity index (χ3v) is 7.62. The largest absolute Gasteiger partial charge is 0.352 e.